The van der Waals surface area contributed by atoms with Gasteiger partial charge in [-0.15, -0.1) is 0 Å². The average molecular weight is 420 g/mol. The fourth-order valence-electron chi connectivity index (χ4n) is 3.30. The van der Waals surface area contributed by atoms with Gasteiger partial charge in [-0.2, -0.15) is 0 Å². The van der Waals surface area contributed by atoms with E-state index in [-0.39, 0.29) is 23.7 Å². The minimum atomic E-state index is -0.905. The number of nitrogens with zero attached hydrogens (tertiary/aromatic N) is 1. The number of aryl methyl sites for hydroxylation is 1. The topological polar surface area (TPSA) is 104 Å². The first-order valence-corrected chi connectivity index (χ1v) is 10.5. The van der Waals surface area contributed by atoms with Crippen LogP contribution in [0.25, 0.3) is 0 Å². The molecule has 1 aliphatic rings. The second-order valence-electron chi connectivity index (χ2n) is 7.02. The van der Waals surface area contributed by atoms with Gasteiger partial charge < -0.3 is 15.6 Å². The number of thioether (sulfide) groups is 1. The van der Waals surface area contributed by atoms with E-state index in [1.54, 1.807) is 6.07 Å². The molecule has 1 aromatic heterocycles. The highest BCUT2D eigenvalue weighted by Gasteiger charge is 2.34. The summed E-state index contributed by atoms with van der Waals surface area (Å²) in [7, 11) is 0. The summed E-state index contributed by atoms with van der Waals surface area (Å²) < 4.78 is 0. The van der Waals surface area contributed by atoms with Crippen LogP contribution in [0.5, 0.6) is 0 Å². The van der Waals surface area contributed by atoms with Crippen LogP contribution in [0, 0.1) is 6.92 Å². The lowest BCUT2D eigenvalue weighted by atomic mass is 9.92. The van der Waals surface area contributed by atoms with Crippen molar-refractivity contribution in [1.82, 2.24) is 9.97 Å². The number of nitrogens with one attached hydrogen (secondary N) is 3. The predicted octanol–water partition coefficient (Wildman–Crippen LogP) is 3.44. The third kappa shape index (κ3) is 4.28. The number of rotatable bonds is 5. The van der Waals surface area contributed by atoms with Crippen molar-refractivity contribution in [2.45, 2.75) is 30.2 Å². The fraction of sp³-hybridized carbons (Fsp3) is 0.182. The Kier molecular flexibility index (Phi) is 5.67. The molecule has 0 saturated carbocycles. The predicted molar refractivity (Wildman–Crippen MR) is 117 cm³/mol. The molecule has 8 heteroatoms. The third-order valence-corrected chi connectivity index (χ3v) is 5.81. The van der Waals surface area contributed by atoms with Gasteiger partial charge in [0.25, 0.3) is 5.56 Å². The van der Waals surface area contributed by atoms with Crippen LogP contribution >= 0.6 is 11.8 Å². The maximum atomic E-state index is 12.9. The number of aromatic nitrogens is 2. The molecule has 0 radical (unpaired) electrons. The van der Waals surface area contributed by atoms with Gasteiger partial charge in [-0.05, 0) is 24.1 Å². The van der Waals surface area contributed by atoms with E-state index in [1.807, 2.05) is 55.5 Å². The van der Waals surface area contributed by atoms with Gasteiger partial charge in [-0.3, -0.25) is 14.4 Å². The normalized spacial score (nSPS) is 15.2. The van der Waals surface area contributed by atoms with Crippen molar-refractivity contribution in [3.63, 3.8) is 0 Å². The van der Waals surface area contributed by atoms with Gasteiger partial charge in [0.05, 0.1) is 11.5 Å². The first-order chi connectivity index (χ1) is 14.5. The zero-order valence-electron chi connectivity index (χ0n) is 16.3. The second kappa shape index (κ2) is 8.54. The van der Waals surface area contributed by atoms with Crippen molar-refractivity contribution >= 4 is 35.1 Å². The van der Waals surface area contributed by atoms with Crippen LogP contribution in [0.3, 0.4) is 0 Å². The van der Waals surface area contributed by atoms with Crippen molar-refractivity contribution in [2.75, 3.05) is 10.6 Å². The molecule has 0 fully saturated rings. The summed E-state index contributed by atoms with van der Waals surface area (Å²) in [5.74, 6) is -0.886. The van der Waals surface area contributed by atoms with Gasteiger partial charge in [0.15, 0.2) is 5.16 Å². The molecular weight excluding hydrogens is 400 g/mol. The summed E-state index contributed by atoms with van der Waals surface area (Å²) >= 11 is 1.36. The van der Waals surface area contributed by atoms with Crippen molar-refractivity contribution < 1.29 is 9.59 Å². The summed E-state index contributed by atoms with van der Waals surface area (Å²) in [5.41, 5.74) is 2.40. The number of carbonyl (C=O) groups is 2. The van der Waals surface area contributed by atoms with Crippen LogP contribution in [-0.2, 0) is 15.3 Å². The van der Waals surface area contributed by atoms with E-state index >= 15 is 0 Å². The quantitative estimate of drug-likeness (QED) is 0.433. The van der Waals surface area contributed by atoms with Crippen LogP contribution in [0.4, 0.5) is 11.5 Å². The molecule has 30 heavy (non-hydrogen) atoms. The molecule has 0 saturated heterocycles. The van der Waals surface area contributed by atoms with Gasteiger partial charge in [-0.25, -0.2) is 4.98 Å². The van der Waals surface area contributed by atoms with E-state index in [4.69, 9.17) is 0 Å². The van der Waals surface area contributed by atoms with Crippen molar-refractivity contribution in [1.29, 1.82) is 0 Å². The molecule has 0 unspecified atom stereocenters. The van der Waals surface area contributed by atoms with E-state index in [1.165, 1.54) is 11.8 Å². The first kappa shape index (κ1) is 19.9. The maximum Gasteiger partial charge on any atom is 0.257 e. The fourth-order valence-corrected chi connectivity index (χ4v) is 4.12. The Labute approximate surface area is 177 Å². The Hall–Kier alpha value is -3.39. The lowest BCUT2D eigenvalue weighted by Gasteiger charge is -2.23. The van der Waals surface area contributed by atoms with Gasteiger partial charge in [0, 0.05) is 17.9 Å². The molecule has 3 aromatic rings. The first-order valence-electron chi connectivity index (χ1n) is 9.48. The Bertz CT molecular complexity index is 1160. The van der Waals surface area contributed by atoms with E-state index in [0.717, 1.165) is 11.1 Å². The molecule has 0 bridgehead atoms. The zero-order chi connectivity index (χ0) is 21.1. The standard InChI is InChI=1S/C22H20N4O3S/c1-13-7-5-6-10-16(13)23-20(28)15-11-17(27)24-19-18(15)21(29)26-22(25-19)30-12-14-8-3-2-4-9-14/h2-10,15H,11-12H2,1H3,(H,23,28)(H2,24,25,26,27,29)/t15-/m1/s1. The lowest BCUT2D eigenvalue weighted by Crippen LogP contribution is -2.36. The molecule has 2 heterocycles. The molecule has 0 spiro atoms. The van der Waals surface area contributed by atoms with Crippen LogP contribution in [0.15, 0.2) is 64.5 Å². The zero-order valence-corrected chi connectivity index (χ0v) is 17.1. The second-order valence-corrected chi connectivity index (χ2v) is 7.98. The number of amides is 2. The van der Waals surface area contributed by atoms with Crippen LogP contribution < -0.4 is 16.2 Å². The molecule has 4 rings (SSSR count). The van der Waals surface area contributed by atoms with Gasteiger partial charge in [-0.1, -0.05) is 60.3 Å². The molecule has 3 N–H and O–H groups in total. The van der Waals surface area contributed by atoms with Crippen molar-refractivity contribution in [2.24, 2.45) is 0 Å². The Morgan fingerprint density at radius 3 is 2.63 bits per heavy atom. The number of carbonyl (C=O) groups excluding carboxylic acids is 2. The molecule has 7 nitrogen and oxygen atoms in total. The van der Waals surface area contributed by atoms with Gasteiger partial charge in [0.2, 0.25) is 11.8 Å². The minimum absolute atomic E-state index is 0.105. The molecule has 1 atom stereocenters. The highest BCUT2D eigenvalue weighted by Crippen LogP contribution is 2.31. The molecule has 2 aromatic carbocycles. The lowest BCUT2D eigenvalue weighted by molar-refractivity contribution is -0.123. The van der Waals surface area contributed by atoms with Gasteiger partial charge >= 0.3 is 0 Å². The van der Waals surface area contributed by atoms with Crippen LogP contribution in [0.2, 0.25) is 0 Å². The monoisotopic (exact) mass is 420 g/mol. The van der Waals surface area contributed by atoms with E-state index < -0.39 is 17.4 Å². The highest BCUT2D eigenvalue weighted by atomic mass is 32.2. The number of hydrogen-bond acceptors (Lipinski definition) is 5. The van der Waals surface area contributed by atoms with Crippen LogP contribution in [-0.4, -0.2) is 21.8 Å². The third-order valence-electron chi connectivity index (χ3n) is 4.87. The number of anilines is 2. The van der Waals surface area contributed by atoms with Crippen LogP contribution in [0.1, 0.15) is 29.0 Å². The summed E-state index contributed by atoms with van der Waals surface area (Å²) in [5, 5.41) is 5.85. The van der Waals surface area contributed by atoms with Crippen molar-refractivity contribution in [3.05, 3.63) is 81.6 Å². The number of benzene rings is 2. The summed E-state index contributed by atoms with van der Waals surface area (Å²) in [6.45, 7) is 1.88. The minimum Gasteiger partial charge on any atom is -0.325 e. The number of para-hydroxylation sites is 1. The number of fused-ring (bicyclic) bond motifs is 1. The summed E-state index contributed by atoms with van der Waals surface area (Å²) in [4.78, 5) is 45.0. The molecule has 1 aliphatic heterocycles. The molecule has 2 amide bonds. The smallest absolute Gasteiger partial charge is 0.257 e. The SMILES string of the molecule is Cc1ccccc1NC(=O)[C@@H]1CC(=O)Nc2nc(SCc3ccccc3)[nH]c(=O)c21. The number of aromatic amines is 1. The van der Waals surface area contributed by atoms with Crippen molar-refractivity contribution in [3.8, 4) is 0 Å². The molecule has 0 aliphatic carbocycles. The largest absolute Gasteiger partial charge is 0.325 e. The summed E-state index contributed by atoms with van der Waals surface area (Å²) in [6, 6.07) is 17.1. The number of hydrogen-bond donors (Lipinski definition) is 3. The molecular formula is C22H20N4O3S. The maximum absolute atomic E-state index is 12.9. The Morgan fingerprint density at radius 2 is 1.87 bits per heavy atom. The molecule has 152 valence electrons. The van der Waals surface area contributed by atoms with E-state index in [2.05, 4.69) is 20.6 Å². The van der Waals surface area contributed by atoms with Gasteiger partial charge in [0.1, 0.15) is 5.82 Å². The Morgan fingerprint density at radius 1 is 1.13 bits per heavy atom. The van der Waals surface area contributed by atoms with E-state index in [9.17, 15) is 14.4 Å². The summed E-state index contributed by atoms with van der Waals surface area (Å²) in [6.07, 6.45) is -0.105. The van der Waals surface area contributed by atoms with E-state index in [0.29, 0.717) is 16.6 Å². The Balaban J connectivity index is 1.59. The number of H-pyrrole nitrogens is 1. The average Bonchev–Trinajstić information content (AvgIpc) is 2.73. The highest BCUT2D eigenvalue weighted by molar-refractivity contribution is 7.98.